The summed E-state index contributed by atoms with van der Waals surface area (Å²) in [5.74, 6) is -0.852. The van der Waals surface area contributed by atoms with Crippen LogP contribution < -0.4 is 0 Å². The summed E-state index contributed by atoms with van der Waals surface area (Å²) in [6.45, 7) is 5.35. The number of rotatable bonds is 6. The molecule has 0 unspecified atom stereocenters. The van der Waals surface area contributed by atoms with Gasteiger partial charge >= 0.3 is 5.97 Å². The summed E-state index contributed by atoms with van der Waals surface area (Å²) in [5, 5.41) is 10.6. The van der Waals surface area contributed by atoms with Crippen LogP contribution in [0.1, 0.15) is 31.1 Å². The van der Waals surface area contributed by atoms with E-state index in [2.05, 4.69) is 0 Å². The van der Waals surface area contributed by atoms with Gasteiger partial charge in [0, 0.05) is 23.7 Å². The molecule has 114 valence electrons. The zero-order valence-electron chi connectivity index (χ0n) is 12.2. The largest absolute Gasteiger partial charge is 0.465 e. The number of nitrogens with zero attached hydrogens (tertiary/aromatic N) is 2. The molecular formula is C14H18N2O5. The Kier molecular flexibility index (Phi) is 5.83. The Balaban J connectivity index is 2.90. The van der Waals surface area contributed by atoms with Crippen molar-refractivity contribution in [3.8, 4) is 0 Å². The molecule has 1 amide bonds. The lowest BCUT2D eigenvalue weighted by Crippen LogP contribution is -2.41. The number of nitro benzene ring substituents is 1. The summed E-state index contributed by atoms with van der Waals surface area (Å²) >= 11 is 0. The third-order valence-electron chi connectivity index (χ3n) is 2.81. The maximum atomic E-state index is 12.4. The molecule has 0 spiro atoms. The van der Waals surface area contributed by atoms with E-state index < -0.39 is 10.9 Å². The van der Waals surface area contributed by atoms with Crippen LogP contribution in [0.4, 0.5) is 5.69 Å². The van der Waals surface area contributed by atoms with Crippen molar-refractivity contribution in [1.82, 2.24) is 4.90 Å². The number of benzene rings is 1. The van der Waals surface area contributed by atoms with Gasteiger partial charge in [0.1, 0.15) is 6.54 Å². The number of esters is 1. The number of nitro groups is 1. The molecule has 0 N–H and O–H groups in total. The lowest BCUT2D eigenvalue weighted by Gasteiger charge is -2.25. The molecule has 0 radical (unpaired) electrons. The van der Waals surface area contributed by atoms with Crippen LogP contribution in [0.3, 0.4) is 0 Å². The number of hydrogen-bond acceptors (Lipinski definition) is 5. The Labute approximate surface area is 122 Å². The molecule has 0 fully saturated rings. The van der Waals surface area contributed by atoms with E-state index in [0.717, 1.165) is 0 Å². The molecule has 1 aromatic carbocycles. The number of carbonyl (C=O) groups excluding carboxylic acids is 2. The maximum Gasteiger partial charge on any atom is 0.325 e. The molecule has 1 aromatic rings. The topological polar surface area (TPSA) is 89.8 Å². The molecule has 1 rings (SSSR count). The Morgan fingerprint density at radius 1 is 1.29 bits per heavy atom. The van der Waals surface area contributed by atoms with E-state index in [1.54, 1.807) is 20.8 Å². The van der Waals surface area contributed by atoms with Crippen molar-refractivity contribution in [2.24, 2.45) is 0 Å². The van der Waals surface area contributed by atoms with E-state index in [1.807, 2.05) is 0 Å². The third kappa shape index (κ3) is 4.55. The smallest absolute Gasteiger partial charge is 0.325 e. The van der Waals surface area contributed by atoms with E-state index in [9.17, 15) is 19.7 Å². The fraction of sp³-hybridized carbons (Fsp3) is 0.429. The van der Waals surface area contributed by atoms with Crippen molar-refractivity contribution in [1.29, 1.82) is 0 Å². The first-order valence-electron chi connectivity index (χ1n) is 6.57. The van der Waals surface area contributed by atoms with Gasteiger partial charge < -0.3 is 9.64 Å². The van der Waals surface area contributed by atoms with Crippen molar-refractivity contribution in [3.63, 3.8) is 0 Å². The van der Waals surface area contributed by atoms with Gasteiger partial charge in [0.05, 0.1) is 11.5 Å². The normalized spacial score (nSPS) is 10.3. The molecule has 7 nitrogen and oxygen atoms in total. The molecule has 0 bridgehead atoms. The molecule has 0 aliphatic heterocycles. The molecule has 0 aliphatic carbocycles. The summed E-state index contributed by atoms with van der Waals surface area (Å²) in [5.41, 5.74) is 0.201. The van der Waals surface area contributed by atoms with Crippen LogP contribution in [0.25, 0.3) is 0 Å². The first kappa shape index (κ1) is 16.6. The van der Waals surface area contributed by atoms with Crippen LogP contribution in [-0.2, 0) is 9.53 Å². The second-order valence-electron chi connectivity index (χ2n) is 4.64. The van der Waals surface area contributed by atoms with Crippen molar-refractivity contribution < 1.29 is 19.2 Å². The lowest BCUT2D eigenvalue weighted by atomic mass is 10.1. The van der Waals surface area contributed by atoms with Gasteiger partial charge in [0.25, 0.3) is 11.6 Å². The van der Waals surface area contributed by atoms with Gasteiger partial charge in [-0.3, -0.25) is 19.7 Å². The van der Waals surface area contributed by atoms with E-state index in [0.29, 0.717) is 5.56 Å². The molecule has 0 heterocycles. The second-order valence-corrected chi connectivity index (χ2v) is 4.64. The Morgan fingerprint density at radius 2 is 1.86 bits per heavy atom. The highest BCUT2D eigenvalue weighted by Crippen LogP contribution is 2.14. The maximum absolute atomic E-state index is 12.4. The van der Waals surface area contributed by atoms with Crippen LogP contribution in [0.2, 0.25) is 0 Å². The third-order valence-corrected chi connectivity index (χ3v) is 2.81. The zero-order valence-corrected chi connectivity index (χ0v) is 12.2. The number of non-ortho nitro benzene ring substituents is 1. The van der Waals surface area contributed by atoms with Crippen LogP contribution in [0.5, 0.6) is 0 Å². The van der Waals surface area contributed by atoms with Gasteiger partial charge in [-0.25, -0.2) is 0 Å². The first-order valence-corrected chi connectivity index (χ1v) is 6.57. The minimum Gasteiger partial charge on any atom is -0.465 e. The summed E-state index contributed by atoms with van der Waals surface area (Å²) < 4.78 is 4.84. The van der Waals surface area contributed by atoms with E-state index in [1.165, 1.54) is 29.2 Å². The SMILES string of the molecule is CCOC(=O)CN(C(=O)c1ccc([N+](=O)[O-])cc1)C(C)C. The van der Waals surface area contributed by atoms with Crippen LogP contribution in [0.15, 0.2) is 24.3 Å². The van der Waals surface area contributed by atoms with E-state index in [-0.39, 0.29) is 30.8 Å². The lowest BCUT2D eigenvalue weighted by molar-refractivity contribution is -0.384. The fourth-order valence-corrected chi connectivity index (χ4v) is 1.73. The standard InChI is InChI=1S/C14H18N2O5/c1-4-21-13(17)9-15(10(2)3)14(18)11-5-7-12(8-6-11)16(19)20/h5-8,10H,4,9H2,1-3H3. The van der Waals surface area contributed by atoms with Crippen LogP contribution in [-0.4, -0.2) is 40.9 Å². The van der Waals surface area contributed by atoms with Crippen LogP contribution >= 0.6 is 0 Å². The quantitative estimate of drug-likeness (QED) is 0.455. The van der Waals surface area contributed by atoms with E-state index >= 15 is 0 Å². The predicted octanol–water partition coefficient (Wildman–Crippen LogP) is 2.01. The molecule has 0 saturated carbocycles. The number of amides is 1. The molecular weight excluding hydrogens is 276 g/mol. The van der Waals surface area contributed by atoms with Crippen molar-refractivity contribution in [2.75, 3.05) is 13.2 Å². The van der Waals surface area contributed by atoms with Gasteiger partial charge in [-0.15, -0.1) is 0 Å². The summed E-state index contributed by atoms with van der Waals surface area (Å²) in [4.78, 5) is 35.3. The minimum atomic E-state index is -0.535. The summed E-state index contributed by atoms with van der Waals surface area (Å²) in [6.07, 6.45) is 0. The second kappa shape index (κ2) is 7.37. The predicted molar refractivity (Wildman–Crippen MR) is 75.9 cm³/mol. The number of carbonyl (C=O) groups is 2. The molecule has 7 heteroatoms. The van der Waals surface area contributed by atoms with Crippen molar-refractivity contribution in [2.45, 2.75) is 26.8 Å². The van der Waals surface area contributed by atoms with Gasteiger partial charge in [-0.2, -0.15) is 0 Å². The first-order chi connectivity index (χ1) is 9.86. The highest BCUT2D eigenvalue weighted by molar-refractivity contribution is 5.96. The molecule has 0 atom stereocenters. The molecule has 21 heavy (non-hydrogen) atoms. The van der Waals surface area contributed by atoms with Gasteiger partial charge in [-0.1, -0.05) is 0 Å². The summed E-state index contributed by atoms with van der Waals surface area (Å²) in [7, 11) is 0. The highest BCUT2D eigenvalue weighted by atomic mass is 16.6. The van der Waals surface area contributed by atoms with Crippen molar-refractivity contribution in [3.05, 3.63) is 39.9 Å². The summed E-state index contributed by atoms with van der Waals surface area (Å²) in [6, 6.07) is 5.07. The number of hydrogen-bond donors (Lipinski definition) is 0. The van der Waals surface area contributed by atoms with Gasteiger partial charge in [-0.05, 0) is 32.9 Å². The zero-order chi connectivity index (χ0) is 16.0. The van der Waals surface area contributed by atoms with E-state index in [4.69, 9.17) is 4.74 Å². The van der Waals surface area contributed by atoms with Crippen LogP contribution in [0, 0.1) is 10.1 Å². The monoisotopic (exact) mass is 294 g/mol. The van der Waals surface area contributed by atoms with Crippen molar-refractivity contribution >= 4 is 17.6 Å². The molecule has 0 saturated heterocycles. The molecule has 0 aromatic heterocycles. The Hall–Kier alpha value is -2.44. The van der Waals surface area contributed by atoms with Gasteiger partial charge in [0.2, 0.25) is 0 Å². The molecule has 0 aliphatic rings. The Morgan fingerprint density at radius 3 is 2.29 bits per heavy atom. The van der Waals surface area contributed by atoms with Gasteiger partial charge in [0.15, 0.2) is 0 Å². The average molecular weight is 294 g/mol. The fourth-order valence-electron chi connectivity index (χ4n) is 1.73. The minimum absolute atomic E-state index is 0.0898. The average Bonchev–Trinajstić information content (AvgIpc) is 2.44. The highest BCUT2D eigenvalue weighted by Gasteiger charge is 2.22. The number of ether oxygens (including phenoxy) is 1. The Bertz CT molecular complexity index is 525.